The molecule has 0 spiro atoms. The molecule has 0 saturated heterocycles. The summed E-state index contributed by atoms with van der Waals surface area (Å²) in [6.45, 7) is 0. The third kappa shape index (κ3) is 3.74. The van der Waals surface area contributed by atoms with Crippen molar-refractivity contribution in [1.82, 2.24) is 14.6 Å². The number of ether oxygens (including phenoxy) is 1. The average molecular weight is 441 g/mol. The summed E-state index contributed by atoms with van der Waals surface area (Å²) < 4.78 is 7.23. The van der Waals surface area contributed by atoms with Gasteiger partial charge < -0.3 is 4.74 Å². The second-order valence-electron chi connectivity index (χ2n) is 7.19. The molecule has 0 aliphatic rings. The van der Waals surface area contributed by atoms with E-state index in [-0.39, 0.29) is 11.9 Å². The third-order valence-corrected chi connectivity index (χ3v) is 6.04. The molecule has 0 aliphatic heterocycles. The summed E-state index contributed by atoms with van der Waals surface area (Å²) in [7, 11) is 1.64. The number of para-hydroxylation sites is 1. The second kappa shape index (κ2) is 8.64. The molecule has 0 saturated carbocycles. The molecule has 2 heterocycles. The van der Waals surface area contributed by atoms with Gasteiger partial charge in [0.25, 0.3) is 0 Å². The Morgan fingerprint density at radius 1 is 0.938 bits per heavy atom. The minimum absolute atomic E-state index is 0.181. The van der Waals surface area contributed by atoms with Crippen LogP contribution in [0.2, 0.25) is 0 Å². The quantitative estimate of drug-likeness (QED) is 0.392. The fraction of sp³-hybridized carbons (Fsp3) is 0.0800. The Morgan fingerprint density at radius 3 is 2.22 bits per heavy atom. The van der Waals surface area contributed by atoms with E-state index in [1.165, 1.54) is 11.3 Å². The summed E-state index contributed by atoms with van der Waals surface area (Å²) in [5.74, 6) is 0.378. The highest BCUT2D eigenvalue weighted by Crippen LogP contribution is 2.33. The van der Waals surface area contributed by atoms with E-state index in [1.54, 1.807) is 11.6 Å². The highest BCUT2D eigenvalue weighted by molar-refractivity contribution is 7.15. The van der Waals surface area contributed by atoms with E-state index in [0.717, 1.165) is 28.1 Å². The topological polar surface area (TPSA) is 68.5 Å². The van der Waals surface area contributed by atoms with Crippen LogP contribution in [0.5, 0.6) is 5.75 Å². The number of carbonyl (C=O) groups is 1. The first-order valence-electron chi connectivity index (χ1n) is 10.1. The molecule has 0 fully saturated rings. The van der Waals surface area contributed by atoms with E-state index in [1.807, 2.05) is 90.3 Å². The number of nitrogens with one attached hydrogen (secondary N) is 1. The maximum absolute atomic E-state index is 13.4. The molecule has 158 valence electrons. The molecule has 0 aliphatic carbocycles. The number of amides is 1. The fourth-order valence-electron chi connectivity index (χ4n) is 3.74. The zero-order valence-electron chi connectivity index (χ0n) is 17.3. The number of aromatic nitrogens is 3. The van der Waals surface area contributed by atoms with Gasteiger partial charge in [-0.05, 0) is 23.3 Å². The van der Waals surface area contributed by atoms with Crippen LogP contribution in [-0.2, 0) is 4.79 Å². The zero-order valence-corrected chi connectivity index (χ0v) is 18.1. The van der Waals surface area contributed by atoms with E-state index < -0.39 is 5.92 Å². The Hall–Kier alpha value is -3.97. The maximum Gasteiger partial charge on any atom is 0.250 e. The summed E-state index contributed by atoms with van der Waals surface area (Å²) in [6, 6.07) is 27.2. The zero-order chi connectivity index (χ0) is 21.9. The fourth-order valence-corrected chi connectivity index (χ4v) is 4.57. The van der Waals surface area contributed by atoms with Crippen LogP contribution in [0.4, 0.5) is 5.95 Å². The van der Waals surface area contributed by atoms with Crippen LogP contribution in [-0.4, -0.2) is 27.6 Å². The van der Waals surface area contributed by atoms with Crippen LogP contribution in [0, 0.1) is 0 Å². The molecule has 1 amide bonds. The number of benzene rings is 3. The third-order valence-electron chi connectivity index (χ3n) is 5.23. The number of methoxy groups -OCH3 is 1. The SMILES string of the molecule is COc1ccccc1-c1csc2nc(NC(=O)C(c3ccccc3)c3ccccc3)nn12. The first kappa shape index (κ1) is 20.0. The van der Waals surface area contributed by atoms with Crippen LogP contribution >= 0.6 is 11.3 Å². The molecule has 0 radical (unpaired) electrons. The highest BCUT2D eigenvalue weighted by atomic mass is 32.1. The van der Waals surface area contributed by atoms with Crippen molar-refractivity contribution in [2.75, 3.05) is 12.4 Å². The largest absolute Gasteiger partial charge is 0.496 e. The lowest BCUT2D eigenvalue weighted by atomic mass is 9.90. The normalized spacial score (nSPS) is 11.1. The molecule has 5 aromatic rings. The highest BCUT2D eigenvalue weighted by Gasteiger charge is 2.24. The summed E-state index contributed by atoms with van der Waals surface area (Å²) in [6.07, 6.45) is 0. The summed E-state index contributed by atoms with van der Waals surface area (Å²) >= 11 is 1.46. The monoisotopic (exact) mass is 440 g/mol. The molecule has 0 bridgehead atoms. The molecule has 1 N–H and O–H groups in total. The van der Waals surface area contributed by atoms with Gasteiger partial charge in [0.2, 0.25) is 16.8 Å². The minimum atomic E-state index is -0.465. The molecule has 0 unspecified atom stereocenters. The van der Waals surface area contributed by atoms with Gasteiger partial charge >= 0.3 is 0 Å². The van der Waals surface area contributed by atoms with Crippen molar-refractivity contribution in [3.63, 3.8) is 0 Å². The van der Waals surface area contributed by atoms with Crippen molar-refractivity contribution in [2.45, 2.75) is 5.92 Å². The van der Waals surface area contributed by atoms with Gasteiger partial charge in [-0.25, -0.2) is 4.52 Å². The van der Waals surface area contributed by atoms with Crippen molar-refractivity contribution in [3.8, 4) is 17.0 Å². The van der Waals surface area contributed by atoms with Crippen molar-refractivity contribution in [1.29, 1.82) is 0 Å². The molecule has 32 heavy (non-hydrogen) atoms. The minimum Gasteiger partial charge on any atom is -0.496 e. The van der Waals surface area contributed by atoms with Crippen LogP contribution in [0.25, 0.3) is 16.2 Å². The molecule has 2 aromatic heterocycles. The Kier molecular flexibility index (Phi) is 5.39. The average Bonchev–Trinajstić information content (AvgIpc) is 3.41. The van der Waals surface area contributed by atoms with Crippen molar-refractivity contribution < 1.29 is 9.53 Å². The molecule has 5 rings (SSSR count). The standard InChI is InChI=1S/C25H20N4O2S/c1-31-21-15-9-8-14-19(21)20-16-32-25-27-24(28-29(20)25)26-23(30)22(17-10-4-2-5-11-17)18-12-6-3-7-13-18/h2-16,22H,1H3,(H,26,28,30). The molecular formula is C25H20N4O2S. The maximum atomic E-state index is 13.4. The van der Waals surface area contributed by atoms with E-state index in [4.69, 9.17) is 4.74 Å². The van der Waals surface area contributed by atoms with Gasteiger partial charge in [0.15, 0.2) is 0 Å². The van der Waals surface area contributed by atoms with Gasteiger partial charge in [-0.2, -0.15) is 4.98 Å². The number of hydrogen-bond acceptors (Lipinski definition) is 5. The van der Waals surface area contributed by atoms with E-state index >= 15 is 0 Å². The summed E-state index contributed by atoms with van der Waals surface area (Å²) in [5.41, 5.74) is 3.59. The van der Waals surface area contributed by atoms with Gasteiger partial charge in [-0.3, -0.25) is 10.1 Å². The van der Waals surface area contributed by atoms with Crippen molar-refractivity contribution in [3.05, 3.63) is 101 Å². The van der Waals surface area contributed by atoms with E-state index in [2.05, 4.69) is 15.4 Å². The van der Waals surface area contributed by atoms with Gasteiger partial charge in [0.05, 0.1) is 18.7 Å². The van der Waals surface area contributed by atoms with Crippen molar-refractivity contribution >= 4 is 28.2 Å². The smallest absolute Gasteiger partial charge is 0.250 e. The Bertz CT molecular complexity index is 1320. The first-order valence-corrected chi connectivity index (χ1v) is 11.0. The van der Waals surface area contributed by atoms with Crippen LogP contribution in [0.1, 0.15) is 17.0 Å². The van der Waals surface area contributed by atoms with E-state index in [9.17, 15) is 4.79 Å². The number of hydrogen-bond donors (Lipinski definition) is 1. The number of rotatable bonds is 6. The lowest BCUT2D eigenvalue weighted by Gasteiger charge is -2.16. The second-order valence-corrected chi connectivity index (χ2v) is 8.03. The van der Waals surface area contributed by atoms with Crippen LogP contribution < -0.4 is 10.1 Å². The number of anilines is 1. The Labute approximate surface area is 189 Å². The molecule has 6 nitrogen and oxygen atoms in total. The van der Waals surface area contributed by atoms with Gasteiger partial charge in [0, 0.05) is 10.9 Å². The van der Waals surface area contributed by atoms with Gasteiger partial charge in [-0.1, -0.05) is 72.8 Å². The first-order chi connectivity index (χ1) is 15.7. The lowest BCUT2D eigenvalue weighted by molar-refractivity contribution is -0.116. The summed E-state index contributed by atoms with van der Waals surface area (Å²) in [5, 5.41) is 9.46. The van der Waals surface area contributed by atoms with Crippen LogP contribution in [0.15, 0.2) is 90.3 Å². The number of carbonyl (C=O) groups excluding carboxylic acids is 1. The predicted octanol–water partition coefficient (Wildman–Crippen LogP) is 5.24. The number of thiazole rings is 1. The summed E-state index contributed by atoms with van der Waals surface area (Å²) in [4.78, 5) is 18.6. The van der Waals surface area contributed by atoms with Crippen LogP contribution in [0.3, 0.4) is 0 Å². The molecule has 0 atom stereocenters. The van der Waals surface area contributed by atoms with Gasteiger partial charge in [-0.15, -0.1) is 16.4 Å². The Morgan fingerprint density at radius 2 is 1.56 bits per heavy atom. The molecular weight excluding hydrogens is 420 g/mol. The van der Waals surface area contributed by atoms with E-state index in [0.29, 0.717) is 4.96 Å². The van der Waals surface area contributed by atoms with Gasteiger partial charge in [0.1, 0.15) is 5.75 Å². The van der Waals surface area contributed by atoms with Crippen molar-refractivity contribution in [2.24, 2.45) is 0 Å². The lowest BCUT2D eigenvalue weighted by Crippen LogP contribution is -2.23. The Balaban J connectivity index is 1.48. The number of nitrogens with zero attached hydrogens (tertiary/aromatic N) is 3. The molecule has 7 heteroatoms. The number of fused-ring (bicyclic) bond motifs is 1. The predicted molar refractivity (Wildman–Crippen MR) is 126 cm³/mol. The molecule has 3 aromatic carbocycles.